The van der Waals surface area contributed by atoms with Gasteiger partial charge in [-0.15, -0.1) is 0 Å². The molecular weight excluding hydrogens is 216 g/mol. The van der Waals surface area contributed by atoms with Gasteiger partial charge in [0.1, 0.15) is 11.5 Å². The molecule has 1 fully saturated rings. The van der Waals surface area contributed by atoms with Crippen LogP contribution in [-0.4, -0.2) is 36.5 Å². The highest BCUT2D eigenvalue weighted by atomic mass is 16.3. The first-order valence-electron chi connectivity index (χ1n) is 6.10. The van der Waals surface area contributed by atoms with Crippen LogP contribution in [0.5, 0.6) is 0 Å². The van der Waals surface area contributed by atoms with Gasteiger partial charge in [-0.3, -0.25) is 4.79 Å². The number of rotatable bonds is 1. The molecule has 0 bridgehead atoms. The minimum Gasteiger partial charge on any atom is -0.466 e. The van der Waals surface area contributed by atoms with Gasteiger partial charge >= 0.3 is 0 Å². The lowest BCUT2D eigenvalue weighted by Crippen LogP contribution is -2.52. The van der Waals surface area contributed by atoms with Gasteiger partial charge in [-0.25, -0.2) is 0 Å². The van der Waals surface area contributed by atoms with Crippen LogP contribution in [0.4, 0.5) is 0 Å². The molecule has 17 heavy (non-hydrogen) atoms. The van der Waals surface area contributed by atoms with Crippen LogP contribution < -0.4 is 5.32 Å². The van der Waals surface area contributed by atoms with E-state index in [2.05, 4.69) is 12.2 Å². The van der Waals surface area contributed by atoms with Gasteiger partial charge in [-0.05, 0) is 27.7 Å². The maximum atomic E-state index is 12.5. The van der Waals surface area contributed by atoms with E-state index in [0.717, 1.165) is 42.3 Å². The van der Waals surface area contributed by atoms with E-state index in [1.54, 1.807) is 0 Å². The molecule has 1 atom stereocenters. The molecule has 0 spiro atoms. The predicted octanol–water partition coefficient (Wildman–Crippen LogP) is 1.64. The van der Waals surface area contributed by atoms with E-state index in [1.807, 2.05) is 25.7 Å². The molecule has 4 nitrogen and oxygen atoms in total. The Balaban J connectivity index is 2.30. The summed E-state index contributed by atoms with van der Waals surface area (Å²) in [6.45, 7) is 10.3. The van der Waals surface area contributed by atoms with Crippen molar-refractivity contribution >= 4 is 5.91 Å². The summed E-state index contributed by atoms with van der Waals surface area (Å²) in [7, 11) is 0. The van der Waals surface area contributed by atoms with E-state index in [0.29, 0.717) is 0 Å². The van der Waals surface area contributed by atoms with Crippen LogP contribution in [0.15, 0.2) is 4.42 Å². The molecule has 1 aromatic rings. The Kier molecular flexibility index (Phi) is 3.24. The number of carbonyl (C=O) groups is 1. The van der Waals surface area contributed by atoms with Crippen LogP contribution in [0.3, 0.4) is 0 Å². The van der Waals surface area contributed by atoms with Gasteiger partial charge in [0.2, 0.25) is 0 Å². The Morgan fingerprint density at radius 1 is 1.35 bits per heavy atom. The Morgan fingerprint density at radius 3 is 2.59 bits per heavy atom. The van der Waals surface area contributed by atoms with Crippen molar-refractivity contribution in [1.82, 2.24) is 10.2 Å². The van der Waals surface area contributed by atoms with Crippen molar-refractivity contribution in [3.8, 4) is 0 Å². The standard InChI is InChI=1S/C13H20N2O2/c1-8-7-14-5-6-15(8)13(16)12-9(2)10(3)17-11(12)4/h8,14H,5-7H2,1-4H3/t8-/m0/s1. The fraction of sp³-hybridized carbons (Fsp3) is 0.615. The molecule has 0 aliphatic carbocycles. The molecule has 0 aromatic carbocycles. The average Bonchev–Trinajstić information content (AvgIpc) is 2.53. The summed E-state index contributed by atoms with van der Waals surface area (Å²) in [4.78, 5) is 14.4. The van der Waals surface area contributed by atoms with Crippen LogP contribution in [0, 0.1) is 20.8 Å². The lowest BCUT2D eigenvalue weighted by atomic mass is 10.1. The molecule has 1 N–H and O–H groups in total. The number of carbonyl (C=O) groups excluding carboxylic acids is 1. The van der Waals surface area contributed by atoms with Crippen molar-refractivity contribution in [2.75, 3.05) is 19.6 Å². The minimum atomic E-state index is 0.103. The molecule has 4 heteroatoms. The topological polar surface area (TPSA) is 45.5 Å². The summed E-state index contributed by atoms with van der Waals surface area (Å²) in [6.07, 6.45) is 0. The molecule has 1 amide bonds. The highest BCUT2D eigenvalue weighted by molar-refractivity contribution is 5.97. The summed E-state index contributed by atoms with van der Waals surface area (Å²) in [6, 6.07) is 0.241. The van der Waals surface area contributed by atoms with Crippen molar-refractivity contribution in [2.45, 2.75) is 33.7 Å². The maximum absolute atomic E-state index is 12.5. The van der Waals surface area contributed by atoms with Crippen molar-refractivity contribution in [3.05, 3.63) is 22.6 Å². The third-order valence-electron chi connectivity index (χ3n) is 3.54. The lowest BCUT2D eigenvalue weighted by Gasteiger charge is -2.34. The Morgan fingerprint density at radius 2 is 2.06 bits per heavy atom. The van der Waals surface area contributed by atoms with E-state index in [4.69, 9.17) is 4.42 Å². The highest BCUT2D eigenvalue weighted by Crippen LogP contribution is 2.23. The SMILES string of the molecule is Cc1oc(C)c(C(=O)N2CCNC[C@@H]2C)c1C. The van der Waals surface area contributed by atoms with Gasteiger partial charge in [0.25, 0.3) is 5.91 Å². The fourth-order valence-electron chi connectivity index (χ4n) is 2.39. The van der Waals surface area contributed by atoms with Crippen molar-refractivity contribution in [1.29, 1.82) is 0 Å². The number of furan rings is 1. The van der Waals surface area contributed by atoms with Gasteiger partial charge in [0, 0.05) is 31.2 Å². The summed E-state index contributed by atoms with van der Waals surface area (Å²) < 4.78 is 5.53. The highest BCUT2D eigenvalue weighted by Gasteiger charge is 2.28. The number of hydrogen-bond donors (Lipinski definition) is 1. The third kappa shape index (κ3) is 2.09. The fourth-order valence-corrected chi connectivity index (χ4v) is 2.39. The Labute approximate surface area is 102 Å². The van der Waals surface area contributed by atoms with Crippen molar-refractivity contribution in [3.63, 3.8) is 0 Å². The lowest BCUT2D eigenvalue weighted by molar-refractivity contribution is 0.0653. The second-order valence-corrected chi connectivity index (χ2v) is 4.77. The molecule has 2 heterocycles. The monoisotopic (exact) mass is 236 g/mol. The molecule has 1 aromatic heterocycles. The summed E-state index contributed by atoms with van der Waals surface area (Å²) >= 11 is 0. The van der Waals surface area contributed by atoms with Crippen LogP contribution in [-0.2, 0) is 0 Å². The zero-order valence-corrected chi connectivity index (χ0v) is 11.0. The minimum absolute atomic E-state index is 0.103. The third-order valence-corrected chi connectivity index (χ3v) is 3.54. The number of nitrogens with one attached hydrogen (secondary N) is 1. The van der Waals surface area contributed by atoms with Gasteiger partial charge in [0.05, 0.1) is 5.56 Å². The second kappa shape index (κ2) is 4.53. The van der Waals surface area contributed by atoms with Gasteiger partial charge in [-0.1, -0.05) is 0 Å². The molecule has 1 saturated heterocycles. The van der Waals surface area contributed by atoms with E-state index in [-0.39, 0.29) is 11.9 Å². The predicted molar refractivity (Wildman–Crippen MR) is 66.3 cm³/mol. The van der Waals surface area contributed by atoms with Crippen LogP contribution >= 0.6 is 0 Å². The van der Waals surface area contributed by atoms with Crippen LogP contribution in [0.25, 0.3) is 0 Å². The van der Waals surface area contributed by atoms with E-state index >= 15 is 0 Å². The van der Waals surface area contributed by atoms with Crippen LogP contribution in [0.2, 0.25) is 0 Å². The van der Waals surface area contributed by atoms with Gasteiger partial charge in [0.15, 0.2) is 0 Å². The molecule has 94 valence electrons. The Hall–Kier alpha value is -1.29. The molecule has 0 radical (unpaired) electrons. The quantitative estimate of drug-likeness (QED) is 0.806. The summed E-state index contributed by atoms with van der Waals surface area (Å²) in [5.41, 5.74) is 1.72. The van der Waals surface area contributed by atoms with E-state index in [1.165, 1.54) is 0 Å². The maximum Gasteiger partial charge on any atom is 0.258 e. The molecule has 2 rings (SSSR count). The zero-order chi connectivity index (χ0) is 12.6. The number of piperazine rings is 1. The Bertz CT molecular complexity index is 437. The first kappa shape index (κ1) is 12.2. The summed E-state index contributed by atoms with van der Waals surface area (Å²) in [5, 5.41) is 3.29. The van der Waals surface area contributed by atoms with Gasteiger partial charge < -0.3 is 14.6 Å². The molecular formula is C13H20N2O2. The van der Waals surface area contributed by atoms with Crippen molar-refractivity contribution < 1.29 is 9.21 Å². The first-order valence-corrected chi connectivity index (χ1v) is 6.10. The normalized spacial score (nSPS) is 20.7. The second-order valence-electron chi connectivity index (χ2n) is 4.77. The van der Waals surface area contributed by atoms with E-state index in [9.17, 15) is 4.79 Å². The number of amides is 1. The molecule has 0 saturated carbocycles. The number of nitrogens with zero attached hydrogens (tertiary/aromatic N) is 1. The largest absolute Gasteiger partial charge is 0.466 e. The summed E-state index contributed by atoms with van der Waals surface area (Å²) in [5.74, 6) is 1.68. The smallest absolute Gasteiger partial charge is 0.258 e. The molecule has 1 aliphatic heterocycles. The molecule has 0 unspecified atom stereocenters. The average molecular weight is 236 g/mol. The van der Waals surface area contributed by atoms with E-state index < -0.39 is 0 Å². The molecule has 1 aliphatic rings. The number of aryl methyl sites for hydroxylation is 2. The first-order chi connectivity index (χ1) is 8.02. The van der Waals surface area contributed by atoms with Crippen molar-refractivity contribution in [2.24, 2.45) is 0 Å². The van der Waals surface area contributed by atoms with Crippen LogP contribution in [0.1, 0.15) is 34.4 Å². The van der Waals surface area contributed by atoms with Gasteiger partial charge in [-0.2, -0.15) is 0 Å². The number of hydrogen-bond acceptors (Lipinski definition) is 3. The zero-order valence-electron chi connectivity index (χ0n) is 11.0.